The lowest BCUT2D eigenvalue weighted by Gasteiger charge is -2.08. The Bertz CT molecular complexity index is 608. The van der Waals surface area contributed by atoms with Crippen LogP contribution in [0.3, 0.4) is 0 Å². The summed E-state index contributed by atoms with van der Waals surface area (Å²) in [6, 6.07) is 5.38. The van der Waals surface area contributed by atoms with Crippen LogP contribution in [0, 0.1) is 5.82 Å². The highest BCUT2D eigenvalue weighted by Gasteiger charge is 2.18. The molecule has 0 spiro atoms. The molecule has 6 heteroatoms. The standard InChI is InChI=1S/C13H14FN3O2/c1-8(2)17-12(15)11(7-16-17)13(18)19-10-5-3-4-9(14)6-10/h3-8H,15H2,1-2H3. The molecule has 0 fully saturated rings. The third-order valence-electron chi connectivity index (χ3n) is 2.55. The topological polar surface area (TPSA) is 70.1 Å². The summed E-state index contributed by atoms with van der Waals surface area (Å²) in [6.07, 6.45) is 1.34. The molecule has 0 saturated carbocycles. The highest BCUT2D eigenvalue weighted by atomic mass is 19.1. The number of hydrogen-bond acceptors (Lipinski definition) is 4. The van der Waals surface area contributed by atoms with E-state index < -0.39 is 11.8 Å². The van der Waals surface area contributed by atoms with Gasteiger partial charge in [0.25, 0.3) is 0 Å². The van der Waals surface area contributed by atoms with Crippen LogP contribution in [-0.2, 0) is 0 Å². The summed E-state index contributed by atoms with van der Waals surface area (Å²) in [5.74, 6) is -0.774. The van der Waals surface area contributed by atoms with Crippen molar-refractivity contribution < 1.29 is 13.9 Å². The lowest BCUT2D eigenvalue weighted by atomic mass is 10.3. The predicted octanol–water partition coefficient (Wildman–Crippen LogP) is 2.40. The summed E-state index contributed by atoms with van der Waals surface area (Å²) in [5, 5.41) is 4.01. The second-order valence-electron chi connectivity index (χ2n) is 4.33. The molecule has 5 nitrogen and oxygen atoms in total. The molecule has 1 aromatic heterocycles. The average Bonchev–Trinajstić information content (AvgIpc) is 2.71. The van der Waals surface area contributed by atoms with Gasteiger partial charge in [-0.15, -0.1) is 0 Å². The molecule has 0 aliphatic carbocycles. The highest BCUT2D eigenvalue weighted by molar-refractivity contribution is 5.95. The van der Waals surface area contributed by atoms with E-state index in [4.69, 9.17) is 10.5 Å². The number of nitrogens with two attached hydrogens (primary N) is 1. The van der Waals surface area contributed by atoms with Crippen molar-refractivity contribution in [1.82, 2.24) is 9.78 Å². The second-order valence-corrected chi connectivity index (χ2v) is 4.33. The van der Waals surface area contributed by atoms with E-state index in [9.17, 15) is 9.18 Å². The van der Waals surface area contributed by atoms with E-state index in [2.05, 4.69) is 5.10 Å². The Balaban J connectivity index is 2.21. The van der Waals surface area contributed by atoms with Gasteiger partial charge in [0.05, 0.1) is 6.20 Å². The van der Waals surface area contributed by atoms with E-state index in [0.717, 1.165) is 6.07 Å². The third kappa shape index (κ3) is 2.73. The first kappa shape index (κ1) is 13.1. The molecule has 0 aliphatic rings. The molecule has 2 N–H and O–H groups in total. The zero-order valence-corrected chi connectivity index (χ0v) is 10.6. The van der Waals surface area contributed by atoms with E-state index in [1.54, 1.807) is 0 Å². The largest absolute Gasteiger partial charge is 0.423 e. The molecule has 0 atom stereocenters. The fraction of sp³-hybridized carbons (Fsp3) is 0.231. The van der Waals surface area contributed by atoms with Crippen LogP contribution < -0.4 is 10.5 Å². The van der Waals surface area contributed by atoms with Gasteiger partial charge in [-0.2, -0.15) is 5.10 Å². The summed E-state index contributed by atoms with van der Waals surface area (Å²) in [6.45, 7) is 3.79. The Morgan fingerprint density at radius 2 is 2.21 bits per heavy atom. The number of esters is 1. The number of nitrogens with zero attached hydrogens (tertiary/aromatic N) is 2. The zero-order valence-electron chi connectivity index (χ0n) is 10.6. The van der Waals surface area contributed by atoms with Crippen LogP contribution >= 0.6 is 0 Å². The molecule has 0 bridgehead atoms. The maximum Gasteiger partial charge on any atom is 0.348 e. The quantitative estimate of drug-likeness (QED) is 0.682. The van der Waals surface area contributed by atoms with Gasteiger partial charge in [-0.1, -0.05) is 6.07 Å². The van der Waals surface area contributed by atoms with Crippen molar-refractivity contribution in [3.8, 4) is 5.75 Å². The molecule has 0 amide bonds. The molecular formula is C13H14FN3O2. The Labute approximate surface area is 109 Å². The number of rotatable bonds is 3. The van der Waals surface area contributed by atoms with E-state index in [1.165, 1.54) is 29.1 Å². The maximum absolute atomic E-state index is 13.0. The molecule has 2 aromatic rings. The van der Waals surface area contributed by atoms with Gasteiger partial charge >= 0.3 is 5.97 Å². The lowest BCUT2D eigenvalue weighted by molar-refractivity contribution is 0.0735. The molecule has 19 heavy (non-hydrogen) atoms. The minimum atomic E-state index is -0.657. The normalized spacial score (nSPS) is 10.7. The van der Waals surface area contributed by atoms with Gasteiger partial charge in [0.2, 0.25) is 0 Å². The number of halogens is 1. The Morgan fingerprint density at radius 1 is 1.47 bits per heavy atom. The molecule has 0 radical (unpaired) electrons. The number of ether oxygens (including phenoxy) is 1. The van der Waals surface area contributed by atoms with E-state index in [-0.39, 0.29) is 23.2 Å². The van der Waals surface area contributed by atoms with Crippen LogP contribution in [0.25, 0.3) is 0 Å². The Hall–Kier alpha value is -2.37. The van der Waals surface area contributed by atoms with Crippen molar-refractivity contribution in [3.63, 3.8) is 0 Å². The SMILES string of the molecule is CC(C)n1ncc(C(=O)Oc2cccc(F)c2)c1N. The Kier molecular flexibility index (Phi) is 3.50. The van der Waals surface area contributed by atoms with Crippen molar-refractivity contribution in [2.75, 3.05) is 5.73 Å². The predicted molar refractivity (Wildman–Crippen MR) is 68.4 cm³/mol. The minimum absolute atomic E-state index is 0.0377. The number of carbonyl (C=O) groups is 1. The maximum atomic E-state index is 13.0. The molecule has 0 unspecified atom stereocenters. The molecule has 2 rings (SSSR count). The monoisotopic (exact) mass is 263 g/mol. The van der Waals surface area contributed by atoms with Crippen LogP contribution in [0.15, 0.2) is 30.5 Å². The minimum Gasteiger partial charge on any atom is -0.423 e. The highest BCUT2D eigenvalue weighted by Crippen LogP contribution is 2.19. The number of aromatic nitrogens is 2. The van der Waals surface area contributed by atoms with Crippen LogP contribution in [0.1, 0.15) is 30.2 Å². The molecule has 1 aromatic carbocycles. The first-order chi connectivity index (χ1) is 8.99. The van der Waals surface area contributed by atoms with E-state index in [0.29, 0.717) is 0 Å². The first-order valence-corrected chi connectivity index (χ1v) is 5.79. The zero-order chi connectivity index (χ0) is 14.0. The van der Waals surface area contributed by atoms with Crippen molar-refractivity contribution >= 4 is 11.8 Å². The fourth-order valence-electron chi connectivity index (χ4n) is 1.63. The van der Waals surface area contributed by atoms with Gasteiger partial charge in [-0.05, 0) is 26.0 Å². The number of carbonyl (C=O) groups excluding carboxylic acids is 1. The van der Waals surface area contributed by atoms with Gasteiger partial charge in [0.1, 0.15) is 22.9 Å². The van der Waals surface area contributed by atoms with Gasteiger partial charge in [0.15, 0.2) is 0 Å². The third-order valence-corrected chi connectivity index (χ3v) is 2.55. The summed E-state index contributed by atoms with van der Waals surface area (Å²) < 4.78 is 19.5. The first-order valence-electron chi connectivity index (χ1n) is 5.79. The fourth-order valence-corrected chi connectivity index (χ4v) is 1.63. The van der Waals surface area contributed by atoms with Gasteiger partial charge in [-0.25, -0.2) is 13.9 Å². The molecular weight excluding hydrogens is 249 g/mol. The summed E-state index contributed by atoms with van der Waals surface area (Å²) in [7, 11) is 0. The molecule has 100 valence electrons. The number of anilines is 1. The smallest absolute Gasteiger partial charge is 0.348 e. The number of benzene rings is 1. The second kappa shape index (κ2) is 5.09. The summed E-state index contributed by atoms with van der Waals surface area (Å²) in [5.41, 5.74) is 5.98. The Morgan fingerprint density at radius 3 is 2.79 bits per heavy atom. The van der Waals surface area contributed by atoms with Crippen molar-refractivity contribution in [3.05, 3.63) is 41.8 Å². The summed E-state index contributed by atoms with van der Waals surface area (Å²) >= 11 is 0. The lowest BCUT2D eigenvalue weighted by Crippen LogP contribution is -2.13. The van der Waals surface area contributed by atoms with E-state index in [1.807, 2.05) is 13.8 Å². The number of hydrogen-bond donors (Lipinski definition) is 1. The van der Waals surface area contributed by atoms with Crippen molar-refractivity contribution in [2.24, 2.45) is 0 Å². The van der Waals surface area contributed by atoms with Crippen molar-refractivity contribution in [1.29, 1.82) is 0 Å². The average molecular weight is 263 g/mol. The van der Waals surface area contributed by atoms with Gasteiger partial charge in [0, 0.05) is 12.1 Å². The van der Waals surface area contributed by atoms with Gasteiger partial charge < -0.3 is 10.5 Å². The van der Waals surface area contributed by atoms with Crippen LogP contribution in [0.5, 0.6) is 5.75 Å². The van der Waals surface area contributed by atoms with E-state index >= 15 is 0 Å². The van der Waals surface area contributed by atoms with Crippen LogP contribution in [0.4, 0.5) is 10.2 Å². The number of nitrogen functional groups attached to an aromatic ring is 1. The molecule has 0 aliphatic heterocycles. The van der Waals surface area contributed by atoms with Crippen LogP contribution in [-0.4, -0.2) is 15.7 Å². The molecule has 1 heterocycles. The van der Waals surface area contributed by atoms with Crippen LogP contribution in [0.2, 0.25) is 0 Å². The van der Waals surface area contributed by atoms with Gasteiger partial charge in [-0.3, -0.25) is 0 Å². The summed E-state index contributed by atoms with van der Waals surface area (Å²) in [4.78, 5) is 11.9. The van der Waals surface area contributed by atoms with Crippen molar-refractivity contribution in [2.45, 2.75) is 19.9 Å². The molecule has 0 saturated heterocycles.